The van der Waals surface area contributed by atoms with Gasteiger partial charge >= 0.3 is 6.03 Å². The van der Waals surface area contributed by atoms with Crippen molar-refractivity contribution in [3.8, 4) is 0 Å². The Labute approximate surface area is 82.9 Å². The summed E-state index contributed by atoms with van der Waals surface area (Å²) in [6.45, 7) is 0.629. The number of urea groups is 1. The minimum atomic E-state index is 0.0160. The minimum Gasteiger partial charge on any atom is -0.399 e. The molecule has 0 aromatic heterocycles. The number of nitrogen functional groups attached to an aromatic ring is 1. The van der Waals surface area contributed by atoms with Crippen LogP contribution in [-0.4, -0.2) is 25.0 Å². The first-order valence-corrected chi connectivity index (χ1v) is 4.47. The van der Waals surface area contributed by atoms with E-state index in [0.29, 0.717) is 6.54 Å². The summed E-state index contributed by atoms with van der Waals surface area (Å²) in [5, 5.41) is 0. The zero-order chi connectivity index (χ0) is 10.3. The van der Waals surface area contributed by atoms with Gasteiger partial charge in [-0.1, -0.05) is 0 Å². The van der Waals surface area contributed by atoms with Crippen molar-refractivity contribution in [2.24, 2.45) is 0 Å². The van der Waals surface area contributed by atoms with E-state index in [1.807, 2.05) is 18.2 Å². The van der Waals surface area contributed by atoms with Crippen LogP contribution in [0.1, 0.15) is 5.56 Å². The first-order valence-electron chi connectivity index (χ1n) is 4.47. The average molecular weight is 191 g/mol. The van der Waals surface area contributed by atoms with Crippen LogP contribution >= 0.6 is 0 Å². The first kappa shape index (κ1) is 8.87. The molecule has 74 valence electrons. The lowest BCUT2D eigenvalue weighted by molar-refractivity contribution is 0.212. The lowest BCUT2D eigenvalue weighted by Crippen LogP contribution is -2.42. The largest absolute Gasteiger partial charge is 0.399 e. The van der Waals surface area contributed by atoms with Gasteiger partial charge < -0.3 is 10.6 Å². The molecule has 0 spiro atoms. The third-order valence-electron chi connectivity index (χ3n) is 2.49. The second kappa shape index (κ2) is 2.90. The van der Waals surface area contributed by atoms with E-state index in [9.17, 15) is 4.79 Å². The molecule has 0 aliphatic carbocycles. The predicted octanol–water partition coefficient (Wildman–Crippen LogP) is 1.27. The fourth-order valence-electron chi connectivity index (χ4n) is 1.74. The SMILES string of the molecule is CN1Cc2cc(N)ccc2N(C)C1=O. The van der Waals surface area contributed by atoms with Crippen LogP contribution in [0.3, 0.4) is 0 Å². The Balaban J connectivity index is 2.50. The van der Waals surface area contributed by atoms with Gasteiger partial charge in [-0.05, 0) is 23.8 Å². The summed E-state index contributed by atoms with van der Waals surface area (Å²) >= 11 is 0. The molecule has 2 amide bonds. The number of fused-ring (bicyclic) bond motifs is 1. The van der Waals surface area contributed by atoms with E-state index in [2.05, 4.69) is 0 Å². The second-order valence-electron chi connectivity index (χ2n) is 3.59. The number of amides is 2. The van der Waals surface area contributed by atoms with Gasteiger partial charge in [-0.3, -0.25) is 4.90 Å². The summed E-state index contributed by atoms with van der Waals surface area (Å²) in [6.07, 6.45) is 0. The van der Waals surface area contributed by atoms with Gasteiger partial charge in [0.2, 0.25) is 0 Å². The molecule has 4 heteroatoms. The Morgan fingerprint density at radius 1 is 1.36 bits per heavy atom. The number of nitrogens with zero attached hydrogens (tertiary/aromatic N) is 2. The van der Waals surface area contributed by atoms with Gasteiger partial charge in [0.1, 0.15) is 0 Å². The predicted molar refractivity (Wildman–Crippen MR) is 56.1 cm³/mol. The number of carbonyl (C=O) groups is 1. The summed E-state index contributed by atoms with van der Waals surface area (Å²) in [5.41, 5.74) is 8.46. The van der Waals surface area contributed by atoms with E-state index >= 15 is 0 Å². The number of hydrogen-bond acceptors (Lipinski definition) is 2. The number of rotatable bonds is 0. The highest BCUT2D eigenvalue weighted by Crippen LogP contribution is 2.28. The van der Waals surface area contributed by atoms with Crippen molar-refractivity contribution in [3.05, 3.63) is 23.8 Å². The maximum absolute atomic E-state index is 11.6. The maximum atomic E-state index is 11.6. The molecule has 4 nitrogen and oxygen atoms in total. The monoisotopic (exact) mass is 191 g/mol. The van der Waals surface area contributed by atoms with E-state index in [1.54, 1.807) is 23.9 Å². The Hall–Kier alpha value is -1.71. The molecule has 14 heavy (non-hydrogen) atoms. The molecule has 0 fully saturated rings. The third kappa shape index (κ3) is 1.19. The molecule has 1 aromatic rings. The number of carbonyl (C=O) groups excluding carboxylic acids is 1. The van der Waals surface area contributed by atoms with Crippen LogP contribution < -0.4 is 10.6 Å². The van der Waals surface area contributed by atoms with Gasteiger partial charge in [0.15, 0.2) is 0 Å². The van der Waals surface area contributed by atoms with E-state index in [0.717, 1.165) is 16.9 Å². The smallest absolute Gasteiger partial charge is 0.324 e. The Kier molecular flexibility index (Phi) is 1.84. The zero-order valence-corrected chi connectivity index (χ0v) is 8.32. The standard InChI is InChI=1S/C10H13N3O/c1-12-6-7-5-8(11)3-4-9(7)13(2)10(12)14/h3-5H,6,11H2,1-2H3. The van der Waals surface area contributed by atoms with Gasteiger partial charge in [0, 0.05) is 26.3 Å². The highest BCUT2D eigenvalue weighted by Gasteiger charge is 2.24. The van der Waals surface area contributed by atoms with Crippen molar-refractivity contribution < 1.29 is 4.79 Å². The van der Waals surface area contributed by atoms with Gasteiger partial charge in [0.05, 0.1) is 5.69 Å². The van der Waals surface area contributed by atoms with Crippen LogP contribution in [-0.2, 0) is 6.54 Å². The fourth-order valence-corrected chi connectivity index (χ4v) is 1.74. The maximum Gasteiger partial charge on any atom is 0.324 e. The van der Waals surface area contributed by atoms with E-state index in [4.69, 9.17) is 5.73 Å². The summed E-state index contributed by atoms with van der Waals surface area (Å²) in [6, 6.07) is 5.63. The van der Waals surface area contributed by atoms with Crippen molar-refractivity contribution in [1.82, 2.24) is 4.90 Å². The van der Waals surface area contributed by atoms with Crippen molar-refractivity contribution in [2.75, 3.05) is 24.7 Å². The fraction of sp³-hybridized carbons (Fsp3) is 0.300. The summed E-state index contributed by atoms with van der Waals surface area (Å²) in [7, 11) is 3.55. The highest BCUT2D eigenvalue weighted by molar-refractivity contribution is 5.94. The molecule has 1 heterocycles. The normalized spacial score (nSPS) is 15.7. The van der Waals surface area contributed by atoms with Crippen LogP contribution in [0.5, 0.6) is 0 Å². The van der Waals surface area contributed by atoms with Gasteiger partial charge in [-0.2, -0.15) is 0 Å². The molecule has 0 atom stereocenters. The van der Waals surface area contributed by atoms with Gasteiger partial charge in [-0.25, -0.2) is 4.79 Å². The molecule has 0 radical (unpaired) electrons. The molecule has 0 bridgehead atoms. The molecule has 0 unspecified atom stereocenters. The quantitative estimate of drug-likeness (QED) is 0.628. The molecule has 1 aromatic carbocycles. The first-order chi connectivity index (χ1) is 6.59. The van der Waals surface area contributed by atoms with Crippen LogP contribution in [0, 0.1) is 0 Å². The van der Waals surface area contributed by atoms with Crippen LogP contribution in [0.2, 0.25) is 0 Å². The van der Waals surface area contributed by atoms with Crippen LogP contribution in [0.25, 0.3) is 0 Å². The topological polar surface area (TPSA) is 49.6 Å². The van der Waals surface area contributed by atoms with Crippen LogP contribution in [0.15, 0.2) is 18.2 Å². The summed E-state index contributed by atoms with van der Waals surface area (Å²) in [5.74, 6) is 0. The average Bonchev–Trinajstić information content (AvgIpc) is 2.14. The number of anilines is 2. The van der Waals surface area contributed by atoms with Crippen molar-refractivity contribution in [3.63, 3.8) is 0 Å². The number of benzene rings is 1. The van der Waals surface area contributed by atoms with E-state index in [-0.39, 0.29) is 6.03 Å². The molecular formula is C10H13N3O. The molecule has 0 saturated heterocycles. The minimum absolute atomic E-state index is 0.0160. The number of nitrogens with two attached hydrogens (primary N) is 1. The Morgan fingerprint density at radius 2 is 2.07 bits per heavy atom. The van der Waals surface area contributed by atoms with Crippen LogP contribution in [0.4, 0.5) is 16.2 Å². The lowest BCUT2D eigenvalue weighted by atomic mass is 10.1. The van der Waals surface area contributed by atoms with Crippen molar-refractivity contribution in [1.29, 1.82) is 0 Å². The third-order valence-corrected chi connectivity index (χ3v) is 2.49. The lowest BCUT2D eigenvalue weighted by Gasteiger charge is -2.32. The highest BCUT2D eigenvalue weighted by atomic mass is 16.2. The summed E-state index contributed by atoms with van der Waals surface area (Å²) in [4.78, 5) is 14.9. The molecular weight excluding hydrogens is 178 g/mol. The molecule has 1 aliphatic heterocycles. The Morgan fingerprint density at radius 3 is 2.79 bits per heavy atom. The van der Waals surface area contributed by atoms with Gasteiger partial charge in [0.25, 0.3) is 0 Å². The molecule has 0 saturated carbocycles. The van der Waals surface area contributed by atoms with Crippen molar-refractivity contribution in [2.45, 2.75) is 6.54 Å². The summed E-state index contributed by atoms with van der Waals surface area (Å²) < 4.78 is 0. The Bertz CT molecular complexity index is 389. The molecule has 2 rings (SSSR count). The zero-order valence-electron chi connectivity index (χ0n) is 8.32. The van der Waals surface area contributed by atoms with E-state index in [1.165, 1.54) is 0 Å². The molecule has 2 N–H and O–H groups in total. The van der Waals surface area contributed by atoms with E-state index < -0.39 is 0 Å². The van der Waals surface area contributed by atoms with Gasteiger partial charge in [-0.15, -0.1) is 0 Å². The second-order valence-corrected chi connectivity index (χ2v) is 3.59. The number of hydrogen-bond donors (Lipinski definition) is 1. The molecule has 1 aliphatic rings. The van der Waals surface area contributed by atoms with Crippen molar-refractivity contribution >= 4 is 17.4 Å².